The maximum absolute atomic E-state index is 12.0. The predicted octanol–water partition coefficient (Wildman–Crippen LogP) is 3.00. The minimum Gasteiger partial charge on any atom is -0.347 e. The summed E-state index contributed by atoms with van der Waals surface area (Å²) in [6.45, 7) is 6.67. The fourth-order valence-corrected chi connectivity index (χ4v) is 2.61. The minimum absolute atomic E-state index is 0. The SMILES string of the molecule is Cc1cc(C)c(NC(=O)CNC(=O)CCCCCCN)c(C)c1.Cl. The zero-order valence-electron chi connectivity index (χ0n) is 14.9. The van der Waals surface area contributed by atoms with Gasteiger partial charge in [0.25, 0.3) is 0 Å². The molecule has 0 saturated heterocycles. The summed E-state index contributed by atoms with van der Waals surface area (Å²) in [7, 11) is 0. The highest BCUT2D eigenvalue weighted by Crippen LogP contribution is 2.21. The normalized spacial score (nSPS) is 10.0. The Morgan fingerprint density at radius 1 is 0.958 bits per heavy atom. The van der Waals surface area contributed by atoms with Gasteiger partial charge in [-0.1, -0.05) is 30.5 Å². The monoisotopic (exact) mass is 355 g/mol. The zero-order valence-corrected chi connectivity index (χ0v) is 15.7. The molecule has 0 aliphatic rings. The van der Waals surface area contributed by atoms with Crippen molar-refractivity contribution in [3.05, 3.63) is 28.8 Å². The molecule has 2 amide bonds. The fourth-order valence-electron chi connectivity index (χ4n) is 2.61. The average molecular weight is 356 g/mol. The molecule has 4 N–H and O–H groups in total. The summed E-state index contributed by atoms with van der Waals surface area (Å²) in [6, 6.07) is 4.06. The van der Waals surface area contributed by atoms with Gasteiger partial charge in [0.2, 0.25) is 11.8 Å². The van der Waals surface area contributed by atoms with Crippen molar-refractivity contribution in [2.75, 3.05) is 18.4 Å². The lowest BCUT2D eigenvalue weighted by atomic mass is 10.1. The molecule has 6 heteroatoms. The second kappa shape index (κ2) is 11.9. The lowest BCUT2D eigenvalue weighted by molar-refractivity contribution is -0.124. The first kappa shape index (κ1) is 22.4. The van der Waals surface area contributed by atoms with Crippen molar-refractivity contribution in [1.82, 2.24) is 5.32 Å². The molecule has 0 radical (unpaired) electrons. The standard InChI is InChI=1S/C18H29N3O2.ClH/c1-13-10-14(2)18(15(3)11-13)21-17(23)12-20-16(22)8-6-4-5-7-9-19;/h10-11H,4-9,12,19H2,1-3H3,(H,20,22)(H,21,23);1H. The van der Waals surface area contributed by atoms with E-state index in [1.54, 1.807) is 0 Å². The molecule has 0 atom stereocenters. The summed E-state index contributed by atoms with van der Waals surface area (Å²) >= 11 is 0. The van der Waals surface area contributed by atoms with E-state index in [-0.39, 0.29) is 30.8 Å². The third kappa shape index (κ3) is 8.31. The minimum atomic E-state index is -0.198. The van der Waals surface area contributed by atoms with Crippen LogP contribution < -0.4 is 16.4 Å². The van der Waals surface area contributed by atoms with Gasteiger partial charge in [-0.15, -0.1) is 12.4 Å². The van der Waals surface area contributed by atoms with Crippen LogP contribution in [0.4, 0.5) is 5.69 Å². The molecular weight excluding hydrogens is 326 g/mol. The maximum atomic E-state index is 12.0. The molecule has 1 aromatic rings. The van der Waals surface area contributed by atoms with Crippen LogP contribution in [0.15, 0.2) is 12.1 Å². The zero-order chi connectivity index (χ0) is 17.2. The first-order valence-electron chi connectivity index (χ1n) is 8.28. The van der Waals surface area contributed by atoms with E-state index in [2.05, 4.69) is 10.6 Å². The van der Waals surface area contributed by atoms with Gasteiger partial charge in [0, 0.05) is 12.1 Å². The summed E-state index contributed by atoms with van der Waals surface area (Å²) < 4.78 is 0. The van der Waals surface area contributed by atoms with Gasteiger partial charge >= 0.3 is 0 Å². The smallest absolute Gasteiger partial charge is 0.243 e. The van der Waals surface area contributed by atoms with Crippen LogP contribution in [0.1, 0.15) is 48.8 Å². The summed E-state index contributed by atoms with van der Waals surface area (Å²) in [5.41, 5.74) is 9.48. The average Bonchev–Trinajstić information content (AvgIpc) is 2.48. The number of benzene rings is 1. The van der Waals surface area contributed by atoms with Gasteiger partial charge in [-0.2, -0.15) is 0 Å². The molecule has 1 aromatic carbocycles. The lowest BCUT2D eigenvalue weighted by Crippen LogP contribution is -2.33. The second-order valence-electron chi connectivity index (χ2n) is 6.05. The summed E-state index contributed by atoms with van der Waals surface area (Å²) in [5.74, 6) is -0.276. The number of rotatable bonds is 9. The number of carbonyl (C=O) groups is 2. The Labute approximate surface area is 151 Å². The number of amides is 2. The number of anilines is 1. The highest BCUT2D eigenvalue weighted by molar-refractivity contribution is 5.95. The molecule has 136 valence electrons. The maximum Gasteiger partial charge on any atom is 0.243 e. The quantitative estimate of drug-likeness (QED) is 0.595. The molecule has 1 rings (SSSR count). The Morgan fingerprint density at radius 3 is 2.12 bits per heavy atom. The first-order valence-corrected chi connectivity index (χ1v) is 8.28. The molecule has 0 bridgehead atoms. The number of aryl methyl sites for hydroxylation is 3. The van der Waals surface area contributed by atoms with Gasteiger partial charge in [0.1, 0.15) is 0 Å². The van der Waals surface area contributed by atoms with Gasteiger partial charge in [-0.3, -0.25) is 9.59 Å². The van der Waals surface area contributed by atoms with E-state index in [4.69, 9.17) is 5.73 Å². The molecule has 0 unspecified atom stereocenters. The number of nitrogens with one attached hydrogen (secondary N) is 2. The molecule has 0 fully saturated rings. The number of nitrogens with two attached hydrogens (primary N) is 1. The number of hydrogen-bond acceptors (Lipinski definition) is 3. The van der Waals surface area contributed by atoms with Crippen LogP contribution in [0.5, 0.6) is 0 Å². The Bertz CT molecular complexity index is 524. The van der Waals surface area contributed by atoms with E-state index in [1.165, 1.54) is 5.56 Å². The van der Waals surface area contributed by atoms with Crippen LogP contribution in [0, 0.1) is 20.8 Å². The largest absolute Gasteiger partial charge is 0.347 e. The predicted molar refractivity (Wildman–Crippen MR) is 102 cm³/mol. The van der Waals surface area contributed by atoms with Crippen LogP contribution in [0.25, 0.3) is 0 Å². The lowest BCUT2D eigenvalue weighted by Gasteiger charge is -2.13. The van der Waals surface area contributed by atoms with Gasteiger partial charge in [0.15, 0.2) is 0 Å². The Balaban J connectivity index is 0.00000529. The van der Waals surface area contributed by atoms with E-state index in [0.717, 1.165) is 42.5 Å². The van der Waals surface area contributed by atoms with E-state index < -0.39 is 0 Å². The van der Waals surface area contributed by atoms with Gasteiger partial charge < -0.3 is 16.4 Å². The Kier molecular flexibility index (Phi) is 11.1. The fraction of sp³-hybridized carbons (Fsp3) is 0.556. The molecule has 24 heavy (non-hydrogen) atoms. The van der Waals surface area contributed by atoms with E-state index in [0.29, 0.717) is 13.0 Å². The topological polar surface area (TPSA) is 84.2 Å². The molecule has 5 nitrogen and oxygen atoms in total. The van der Waals surface area contributed by atoms with Gasteiger partial charge in [-0.25, -0.2) is 0 Å². The second-order valence-corrected chi connectivity index (χ2v) is 6.05. The van der Waals surface area contributed by atoms with Crippen molar-refractivity contribution < 1.29 is 9.59 Å². The first-order chi connectivity index (χ1) is 10.9. The van der Waals surface area contributed by atoms with E-state index in [9.17, 15) is 9.59 Å². The van der Waals surface area contributed by atoms with Gasteiger partial charge in [0.05, 0.1) is 6.54 Å². The summed E-state index contributed by atoms with van der Waals surface area (Å²) in [5, 5.41) is 5.55. The van der Waals surface area contributed by atoms with E-state index in [1.807, 2.05) is 32.9 Å². The van der Waals surface area contributed by atoms with Crippen molar-refractivity contribution in [3.8, 4) is 0 Å². The third-order valence-corrected chi connectivity index (χ3v) is 3.75. The van der Waals surface area contributed by atoms with Crippen LogP contribution in [0.3, 0.4) is 0 Å². The molecule has 0 aliphatic heterocycles. The van der Waals surface area contributed by atoms with Crippen molar-refractivity contribution in [1.29, 1.82) is 0 Å². The molecule has 0 spiro atoms. The number of halogens is 1. The van der Waals surface area contributed by atoms with Crippen LogP contribution in [-0.2, 0) is 9.59 Å². The molecule has 0 saturated carbocycles. The molecule has 0 aliphatic carbocycles. The number of hydrogen-bond donors (Lipinski definition) is 3. The summed E-state index contributed by atoms with van der Waals surface area (Å²) in [6.07, 6.45) is 4.35. The van der Waals surface area contributed by atoms with Crippen molar-refractivity contribution in [2.45, 2.75) is 52.9 Å². The molecule has 0 aromatic heterocycles. The van der Waals surface area contributed by atoms with Crippen LogP contribution in [0.2, 0.25) is 0 Å². The highest BCUT2D eigenvalue weighted by Gasteiger charge is 2.09. The highest BCUT2D eigenvalue weighted by atomic mass is 35.5. The Hall–Kier alpha value is -1.59. The van der Waals surface area contributed by atoms with E-state index >= 15 is 0 Å². The van der Waals surface area contributed by atoms with Crippen molar-refractivity contribution in [3.63, 3.8) is 0 Å². The van der Waals surface area contributed by atoms with Gasteiger partial charge in [-0.05, 0) is 51.3 Å². The number of unbranched alkanes of at least 4 members (excludes halogenated alkanes) is 3. The molecular formula is C18H30ClN3O2. The summed E-state index contributed by atoms with van der Waals surface area (Å²) in [4.78, 5) is 23.7. The Morgan fingerprint density at radius 2 is 1.54 bits per heavy atom. The van der Waals surface area contributed by atoms with Crippen LogP contribution in [-0.4, -0.2) is 24.9 Å². The van der Waals surface area contributed by atoms with Crippen LogP contribution >= 0.6 is 12.4 Å². The number of carbonyl (C=O) groups excluding carboxylic acids is 2. The van der Waals surface area contributed by atoms with Crippen molar-refractivity contribution in [2.24, 2.45) is 5.73 Å². The van der Waals surface area contributed by atoms with Crippen molar-refractivity contribution >= 4 is 29.9 Å². The third-order valence-electron chi connectivity index (χ3n) is 3.75. The molecule has 0 heterocycles.